The van der Waals surface area contributed by atoms with Crippen molar-refractivity contribution in [3.63, 3.8) is 0 Å². The number of halogens is 3. The Bertz CT molecular complexity index is 943. The van der Waals surface area contributed by atoms with Crippen LogP contribution in [-0.4, -0.2) is 37.4 Å². The van der Waals surface area contributed by atoms with Crippen LogP contribution in [0.15, 0.2) is 10.0 Å². The maximum atomic E-state index is 8.95. The molecule has 0 amide bonds. The molecule has 0 aliphatic heterocycles. The molecular weight excluding hydrogens is 1260 g/mol. The summed E-state index contributed by atoms with van der Waals surface area (Å²) in [4.78, 5) is 33.2. The van der Waals surface area contributed by atoms with Gasteiger partial charge in [0.25, 0.3) is 5.09 Å². The highest BCUT2D eigenvalue weighted by Gasteiger charge is 2.36. The van der Waals surface area contributed by atoms with Gasteiger partial charge in [-0.15, -0.1) is 91.4 Å². The monoisotopic (exact) mass is 1290 g/mol. The average molecular weight is 1290 g/mol. The summed E-state index contributed by atoms with van der Waals surface area (Å²) in [5.41, 5.74) is 0. The molecule has 0 aromatic carbocycles. The van der Waals surface area contributed by atoms with E-state index >= 15 is 0 Å². The average Bonchev–Trinajstić information content (AvgIpc) is 2.97. The van der Waals surface area contributed by atoms with Crippen LogP contribution < -0.4 is 0 Å². The van der Waals surface area contributed by atoms with Gasteiger partial charge in [-0.2, -0.15) is 0 Å². The van der Waals surface area contributed by atoms with E-state index in [9.17, 15) is 0 Å². The fourth-order valence-corrected chi connectivity index (χ4v) is 230. The van der Waals surface area contributed by atoms with E-state index in [2.05, 4.69) is 153 Å². The summed E-state index contributed by atoms with van der Waals surface area (Å²) in [7, 11) is 41.7. The Kier molecular flexibility index (Phi) is 92.9. The van der Waals surface area contributed by atoms with Crippen molar-refractivity contribution in [1.29, 1.82) is 0 Å². The molecule has 0 saturated heterocycles. The molecule has 10 nitrogen and oxygen atoms in total. The Hall–Kier alpha value is 8.74. The van der Waals surface area contributed by atoms with Gasteiger partial charge >= 0.3 is 0 Å². The standard InChI is InChI=1S/CH3Br.CH3NO3.CH3NO2.CH4O.ClNO.H17IP16.S10/c1-2;1-5-2(3)4;1-4-2-3;1-2;1-2-3;1-11(16(12(3)4)13(5)6)17(14(7)8)15(9)10-2;1-3-5-7-9-10-8-6-4-2/h1H3;1H3;1H3;2H,1H3;;10H,2-9H2;. The van der Waals surface area contributed by atoms with Crippen LogP contribution in [0.5, 0.6) is 0 Å². The molecule has 0 rings (SSSR count). The molecular formula is C4H30BrClIN3O7P16S10. The Balaban J connectivity index is -0.0000000842. The van der Waals surface area contributed by atoms with Gasteiger partial charge in [0.2, 0.25) is 0 Å². The van der Waals surface area contributed by atoms with Crippen molar-refractivity contribution in [3.05, 3.63) is 19.9 Å². The molecule has 0 aromatic heterocycles. The Morgan fingerprint density at radius 1 is 0.884 bits per heavy atom. The van der Waals surface area contributed by atoms with Crippen LogP contribution in [0.2, 0.25) is 0 Å². The van der Waals surface area contributed by atoms with Crippen LogP contribution in [0.4, 0.5) is 0 Å². The van der Waals surface area contributed by atoms with Crippen molar-refractivity contribution in [2.75, 3.05) is 27.2 Å². The number of nitroso groups, excluding NO2 is 1. The Morgan fingerprint density at radius 3 is 1.30 bits per heavy atom. The quantitative estimate of drug-likeness (QED) is 0.0596. The van der Waals surface area contributed by atoms with E-state index in [4.69, 9.17) is 25.0 Å². The SMILES string of the molecule is CBr.CO.CON=O.CO[N+](=O)[O-].O=NCl.PPP(P)P(P(P)P)P(I)P(P(P)P)P(P)P.S=S=S=S=S=S=S=S=S=S. The van der Waals surface area contributed by atoms with Crippen LogP contribution in [0.25, 0.3) is 0 Å². The first-order chi connectivity index (χ1) is 20.2. The van der Waals surface area contributed by atoms with E-state index in [1.54, 1.807) is 58.0 Å². The largest absolute Gasteiger partial charge is 0.400 e. The highest BCUT2D eigenvalue weighted by atomic mass is 127. The zero-order chi connectivity index (χ0) is 35.8. The predicted molar refractivity (Wildman–Crippen MR) is 284 cm³/mol. The first-order valence-electron chi connectivity index (χ1n) is 8.09. The number of aliphatic hydroxyl groups excluding tert-OH is 1. The van der Waals surface area contributed by atoms with Gasteiger partial charge in [-0.3, -0.25) is 0 Å². The minimum absolute atomic E-state index is 0.0823. The second kappa shape index (κ2) is 60.0. The van der Waals surface area contributed by atoms with Crippen LogP contribution >= 0.6 is 176 Å². The number of rotatable bonds is 9. The smallest absolute Gasteiger partial charge is 0.294 e. The summed E-state index contributed by atoms with van der Waals surface area (Å²) in [6.45, 7) is 0.855. The second-order valence-corrected chi connectivity index (χ2v) is 85.2. The van der Waals surface area contributed by atoms with E-state index in [0.717, 1.165) is 22.2 Å². The summed E-state index contributed by atoms with van der Waals surface area (Å²) >= 11 is 19.2. The van der Waals surface area contributed by atoms with E-state index in [1.807, 2.05) is 11.2 Å². The zero-order valence-corrected chi connectivity index (χ0v) is 50.9. The number of aliphatic hydroxyl groups is 1. The molecule has 0 aliphatic carbocycles. The first-order valence-corrected chi connectivity index (χ1v) is 53.4. The van der Waals surface area contributed by atoms with Gasteiger partial charge in [0.15, 0.2) is 5.34 Å². The maximum Gasteiger partial charge on any atom is 0.294 e. The molecule has 39 heteroatoms. The zero-order valence-electron chi connectivity index (χ0n) is 21.7. The fraction of sp³-hybridized carbons (Fsp3) is 1.00. The molecule has 0 aliphatic rings. The van der Waals surface area contributed by atoms with Crippen molar-refractivity contribution in [2.45, 2.75) is 0 Å². The lowest BCUT2D eigenvalue weighted by Crippen LogP contribution is -1.91. The van der Waals surface area contributed by atoms with Crippen molar-refractivity contribution in [2.24, 2.45) is 10.0 Å². The van der Waals surface area contributed by atoms with Crippen molar-refractivity contribution in [1.82, 2.24) is 0 Å². The van der Waals surface area contributed by atoms with Crippen LogP contribution in [0.3, 0.4) is 0 Å². The molecule has 0 spiro atoms. The van der Waals surface area contributed by atoms with Gasteiger partial charge in [0.05, 0.1) is 18.9 Å². The van der Waals surface area contributed by atoms with Crippen molar-refractivity contribution < 1.29 is 19.9 Å². The van der Waals surface area contributed by atoms with Gasteiger partial charge in [0.1, 0.15) is 7.11 Å². The van der Waals surface area contributed by atoms with E-state index in [-0.39, 0.29) is 46.9 Å². The lowest BCUT2D eigenvalue weighted by molar-refractivity contribution is -0.749. The van der Waals surface area contributed by atoms with Crippen LogP contribution in [0, 0.1) is 19.9 Å². The summed E-state index contributed by atoms with van der Waals surface area (Å²) in [5.74, 6) is 1.81. The molecule has 0 bridgehead atoms. The highest BCUT2D eigenvalue weighted by molar-refractivity contribution is 14.2. The normalized spacial score (nSPS) is 10.9. The molecule has 0 aromatic rings. The highest BCUT2D eigenvalue weighted by Crippen LogP contribution is 3.24. The van der Waals surface area contributed by atoms with E-state index in [1.165, 1.54) is 24.9 Å². The van der Waals surface area contributed by atoms with Gasteiger partial charge in [0, 0.05) is 124 Å². The molecule has 12 atom stereocenters. The summed E-state index contributed by atoms with van der Waals surface area (Å²) < 4.78 is 1.72. The van der Waals surface area contributed by atoms with Crippen molar-refractivity contribution in [3.8, 4) is 0 Å². The molecule has 0 radical (unpaired) electrons. The number of alkyl halides is 1. The number of hydrogen-bond donors (Lipinski definition) is 1. The van der Waals surface area contributed by atoms with Gasteiger partial charge in [-0.25, -0.2) is 0 Å². The van der Waals surface area contributed by atoms with Gasteiger partial charge < -0.3 is 14.8 Å². The van der Waals surface area contributed by atoms with Gasteiger partial charge in [-0.1, -0.05) is 23.9 Å². The summed E-state index contributed by atoms with van der Waals surface area (Å²) in [5, 5.41) is 17.1. The number of nitrogens with zero attached hydrogens (tertiary/aromatic N) is 3. The van der Waals surface area contributed by atoms with Gasteiger partial charge in [-0.05, 0) is 55.8 Å². The maximum absolute atomic E-state index is 8.95. The van der Waals surface area contributed by atoms with Crippen LogP contribution in [0.1, 0.15) is 0 Å². The molecule has 0 fully saturated rings. The lowest BCUT2D eigenvalue weighted by atomic mass is 11.7. The predicted octanol–water partition coefficient (Wildman–Crippen LogP) is 11.8. The third-order valence-electron chi connectivity index (χ3n) is 1.66. The van der Waals surface area contributed by atoms with E-state index in [0.29, 0.717) is 0 Å². The summed E-state index contributed by atoms with van der Waals surface area (Å²) in [6, 6.07) is 0. The second-order valence-electron chi connectivity index (χ2n) is 3.67. The fourth-order valence-electron chi connectivity index (χ4n) is 0.757. The third kappa shape index (κ3) is 60.2. The molecule has 264 valence electrons. The molecule has 0 saturated carbocycles. The molecule has 43 heavy (non-hydrogen) atoms. The van der Waals surface area contributed by atoms with Crippen molar-refractivity contribution >= 4 is 269 Å². The van der Waals surface area contributed by atoms with Crippen LogP contribution in [-0.2, 0) is 103 Å². The molecule has 1 N–H and O–H groups in total. The Labute approximate surface area is 341 Å². The Morgan fingerprint density at radius 2 is 1.14 bits per heavy atom. The van der Waals surface area contributed by atoms with E-state index < -0.39 is 5.09 Å². The third-order valence-corrected chi connectivity index (χ3v) is 130. The molecule has 12 unspecified atom stereocenters. The topological polar surface area (TPSA) is 141 Å². The first kappa shape index (κ1) is 66.5. The lowest BCUT2D eigenvalue weighted by Gasteiger charge is -2.38. The number of hydrogen-bond acceptors (Lipinski definition) is 11. The summed E-state index contributed by atoms with van der Waals surface area (Å²) in [6.07, 6.45) is 0. The minimum atomic E-state index is -0.875. The minimum Gasteiger partial charge on any atom is -0.400 e. The molecule has 0 heterocycles.